The van der Waals surface area contributed by atoms with Gasteiger partial charge in [-0.25, -0.2) is 0 Å². The lowest BCUT2D eigenvalue weighted by Crippen LogP contribution is -2.29. The minimum Gasteiger partial charge on any atom is -0.316 e. The van der Waals surface area contributed by atoms with E-state index in [2.05, 4.69) is 18.5 Å². The van der Waals surface area contributed by atoms with Crippen LogP contribution in [0.1, 0.15) is 39.0 Å². The van der Waals surface area contributed by atoms with Crippen molar-refractivity contribution >= 4 is 11.8 Å². The molecule has 0 aromatic carbocycles. The fourth-order valence-corrected chi connectivity index (χ4v) is 2.96. The van der Waals surface area contributed by atoms with E-state index in [1.807, 2.05) is 11.8 Å². The summed E-state index contributed by atoms with van der Waals surface area (Å²) < 4.78 is 0. The van der Waals surface area contributed by atoms with Crippen LogP contribution in [0.3, 0.4) is 0 Å². The van der Waals surface area contributed by atoms with Crippen LogP contribution in [-0.2, 0) is 0 Å². The van der Waals surface area contributed by atoms with Crippen LogP contribution >= 0.6 is 11.8 Å². The maximum atomic E-state index is 3.63. The van der Waals surface area contributed by atoms with Gasteiger partial charge in [-0.2, -0.15) is 11.8 Å². The summed E-state index contributed by atoms with van der Waals surface area (Å²) in [6, 6.07) is 0. The Morgan fingerprint density at radius 2 is 2.00 bits per heavy atom. The summed E-state index contributed by atoms with van der Waals surface area (Å²) in [7, 11) is 0. The maximum absolute atomic E-state index is 3.63. The standard InChI is InChI=1S/C12H25NS/c1-11(10-14-2)8-13-9-12-6-4-3-5-7-12/h11-13H,3-10H2,1-2H3. The highest BCUT2D eigenvalue weighted by Gasteiger charge is 2.12. The summed E-state index contributed by atoms with van der Waals surface area (Å²) in [6.45, 7) is 4.81. The third-order valence-electron chi connectivity index (χ3n) is 3.10. The molecule has 1 aliphatic rings. The highest BCUT2D eigenvalue weighted by molar-refractivity contribution is 7.98. The zero-order valence-corrected chi connectivity index (χ0v) is 10.5. The van der Waals surface area contributed by atoms with Crippen molar-refractivity contribution in [2.24, 2.45) is 11.8 Å². The van der Waals surface area contributed by atoms with Gasteiger partial charge in [0, 0.05) is 0 Å². The number of thioether (sulfide) groups is 1. The SMILES string of the molecule is CSCC(C)CNCC1CCCCC1. The average Bonchev–Trinajstić information content (AvgIpc) is 2.20. The van der Waals surface area contributed by atoms with Gasteiger partial charge in [0.2, 0.25) is 0 Å². The van der Waals surface area contributed by atoms with Gasteiger partial charge in [-0.05, 0) is 49.8 Å². The van der Waals surface area contributed by atoms with Gasteiger partial charge < -0.3 is 5.32 Å². The van der Waals surface area contributed by atoms with Gasteiger partial charge in [-0.15, -0.1) is 0 Å². The Morgan fingerprint density at radius 1 is 1.29 bits per heavy atom. The lowest BCUT2D eigenvalue weighted by atomic mass is 9.89. The topological polar surface area (TPSA) is 12.0 Å². The predicted molar refractivity (Wildman–Crippen MR) is 67.0 cm³/mol. The molecule has 0 saturated heterocycles. The van der Waals surface area contributed by atoms with Gasteiger partial charge in [0.1, 0.15) is 0 Å². The molecule has 0 spiro atoms. The highest BCUT2D eigenvalue weighted by atomic mass is 32.2. The molecule has 1 fully saturated rings. The Labute approximate surface area is 93.4 Å². The molecule has 1 saturated carbocycles. The second kappa shape index (κ2) is 7.58. The highest BCUT2D eigenvalue weighted by Crippen LogP contribution is 2.22. The van der Waals surface area contributed by atoms with Crippen molar-refractivity contribution in [1.29, 1.82) is 0 Å². The minimum atomic E-state index is 0.827. The van der Waals surface area contributed by atoms with Crippen LogP contribution in [0.15, 0.2) is 0 Å². The molecule has 0 radical (unpaired) electrons. The van der Waals surface area contributed by atoms with E-state index in [1.54, 1.807) is 0 Å². The number of hydrogen-bond donors (Lipinski definition) is 1. The van der Waals surface area contributed by atoms with Crippen molar-refractivity contribution in [3.8, 4) is 0 Å². The quantitative estimate of drug-likeness (QED) is 0.730. The van der Waals surface area contributed by atoms with Gasteiger partial charge in [-0.3, -0.25) is 0 Å². The van der Waals surface area contributed by atoms with E-state index in [-0.39, 0.29) is 0 Å². The first kappa shape index (κ1) is 12.4. The van der Waals surface area contributed by atoms with E-state index in [0.29, 0.717) is 0 Å². The first-order chi connectivity index (χ1) is 6.83. The smallest absolute Gasteiger partial charge is 0.00152 e. The average molecular weight is 215 g/mol. The molecule has 0 aromatic heterocycles. The van der Waals surface area contributed by atoms with Gasteiger partial charge in [-0.1, -0.05) is 26.2 Å². The largest absolute Gasteiger partial charge is 0.316 e. The van der Waals surface area contributed by atoms with Gasteiger partial charge in [0.05, 0.1) is 0 Å². The zero-order chi connectivity index (χ0) is 10.2. The molecule has 0 aliphatic heterocycles. The summed E-state index contributed by atoms with van der Waals surface area (Å²) in [6.07, 6.45) is 9.52. The van der Waals surface area contributed by atoms with E-state index in [1.165, 1.54) is 50.9 Å². The van der Waals surface area contributed by atoms with Crippen molar-refractivity contribution in [3.05, 3.63) is 0 Å². The van der Waals surface area contributed by atoms with Crippen LogP contribution in [0.4, 0.5) is 0 Å². The summed E-state index contributed by atoms with van der Waals surface area (Å²) in [5.41, 5.74) is 0. The Bertz CT molecular complexity index is 132. The molecule has 1 N–H and O–H groups in total. The third kappa shape index (κ3) is 5.26. The molecular weight excluding hydrogens is 190 g/mol. The molecule has 0 bridgehead atoms. The van der Waals surface area contributed by atoms with E-state index in [9.17, 15) is 0 Å². The maximum Gasteiger partial charge on any atom is -0.00152 e. The Morgan fingerprint density at radius 3 is 2.64 bits per heavy atom. The Kier molecular flexibility index (Phi) is 6.70. The monoisotopic (exact) mass is 215 g/mol. The van der Waals surface area contributed by atoms with Crippen LogP contribution in [0.2, 0.25) is 0 Å². The molecule has 1 unspecified atom stereocenters. The fraction of sp³-hybridized carbons (Fsp3) is 1.00. The van der Waals surface area contributed by atoms with E-state index in [4.69, 9.17) is 0 Å². The normalized spacial score (nSPS) is 21.0. The molecule has 1 atom stereocenters. The lowest BCUT2D eigenvalue weighted by Gasteiger charge is -2.22. The van der Waals surface area contributed by atoms with Crippen LogP contribution in [0.25, 0.3) is 0 Å². The van der Waals surface area contributed by atoms with Gasteiger partial charge in [0.25, 0.3) is 0 Å². The Hall–Kier alpha value is 0.310. The van der Waals surface area contributed by atoms with Crippen molar-refractivity contribution in [3.63, 3.8) is 0 Å². The molecule has 0 aromatic rings. The van der Waals surface area contributed by atoms with Crippen molar-refractivity contribution in [1.82, 2.24) is 5.32 Å². The van der Waals surface area contributed by atoms with Crippen molar-refractivity contribution in [2.45, 2.75) is 39.0 Å². The molecule has 2 heteroatoms. The molecule has 1 rings (SSSR count). The molecule has 1 nitrogen and oxygen atoms in total. The van der Waals surface area contributed by atoms with Crippen molar-refractivity contribution in [2.75, 3.05) is 25.1 Å². The number of hydrogen-bond acceptors (Lipinski definition) is 2. The van der Waals surface area contributed by atoms with E-state index in [0.717, 1.165) is 11.8 Å². The fourth-order valence-electron chi connectivity index (χ4n) is 2.27. The van der Waals surface area contributed by atoms with Crippen molar-refractivity contribution < 1.29 is 0 Å². The predicted octanol–water partition coefficient (Wildman–Crippen LogP) is 3.16. The number of nitrogens with one attached hydrogen (secondary N) is 1. The van der Waals surface area contributed by atoms with E-state index >= 15 is 0 Å². The van der Waals surface area contributed by atoms with Gasteiger partial charge in [0.15, 0.2) is 0 Å². The second-order valence-corrected chi connectivity index (χ2v) is 5.63. The molecule has 1 aliphatic carbocycles. The zero-order valence-electron chi connectivity index (χ0n) is 9.72. The summed E-state index contributed by atoms with van der Waals surface area (Å²) in [5.74, 6) is 3.09. The summed E-state index contributed by atoms with van der Waals surface area (Å²) >= 11 is 1.96. The molecular formula is C12H25NS. The Balaban J connectivity index is 1.96. The molecule has 14 heavy (non-hydrogen) atoms. The second-order valence-electron chi connectivity index (χ2n) is 4.72. The first-order valence-corrected chi connectivity index (χ1v) is 7.42. The van der Waals surface area contributed by atoms with Gasteiger partial charge >= 0.3 is 0 Å². The lowest BCUT2D eigenvalue weighted by molar-refractivity contribution is 0.337. The summed E-state index contributed by atoms with van der Waals surface area (Å²) in [4.78, 5) is 0. The third-order valence-corrected chi connectivity index (χ3v) is 4.00. The van der Waals surface area contributed by atoms with Crippen LogP contribution in [0, 0.1) is 11.8 Å². The summed E-state index contributed by atoms with van der Waals surface area (Å²) in [5, 5.41) is 3.63. The number of rotatable bonds is 6. The molecule has 0 heterocycles. The molecule has 0 amide bonds. The van der Waals surface area contributed by atoms with Crippen LogP contribution < -0.4 is 5.32 Å². The van der Waals surface area contributed by atoms with Crippen LogP contribution in [-0.4, -0.2) is 25.1 Å². The van der Waals surface area contributed by atoms with Crippen LogP contribution in [0.5, 0.6) is 0 Å². The van der Waals surface area contributed by atoms with E-state index < -0.39 is 0 Å². The molecule has 84 valence electrons. The first-order valence-electron chi connectivity index (χ1n) is 6.02. The minimum absolute atomic E-state index is 0.827.